The summed E-state index contributed by atoms with van der Waals surface area (Å²) in [6, 6.07) is 0. The number of carbonyl (C=O) groups excluding carboxylic acids is 1. The van der Waals surface area contributed by atoms with Gasteiger partial charge in [-0.25, -0.2) is 4.79 Å². The van der Waals surface area contributed by atoms with Gasteiger partial charge in [0.05, 0.1) is 0 Å². The summed E-state index contributed by atoms with van der Waals surface area (Å²) in [4.78, 5) is 20.6. The fourth-order valence-corrected chi connectivity index (χ4v) is 1.19. The fourth-order valence-electron chi connectivity index (χ4n) is 1.19. The third kappa shape index (κ3) is 4.71. The lowest BCUT2D eigenvalue weighted by Crippen LogP contribution is -2.43. The Kier molecular flexibility index (Phi) is 3.73. The molecule has 0 saturated heterocycles. The van der Waals surface area contributed by atoms with E-state index in [0.29, 0.717) is 6.42 Å². The van der Waals surface area contributed by atoms with Gasteiger partial charge in [-0.15, -0.1) is 0 Å². The van der Waals surface area contributed by atoms with Crippen molar-refractivity contribution in [2.75, 3.05) is 0 Å². The maximum absolute atomic E-state index is 10.3. The average molecular weight is 173 g/mol. The van der Waals surface area contributed by atoms with Gasteiger partial charge in [-0.1, -0.05) is 6.92 Å². The Morgan fingerprint density at radius 3 is 2.50 bits per heavy atom. The monoisotopic (exact) mass is 173 g/mol. The molecule has 1 atom stereocenters. The highest BCUT2D eigenvalue weighted by molar-refractivity contribution is 5.65. The molecule has 0 rings (SSSR count). The van der Waals surface area contributed by atoms with E-state index in [1.165, 1.54) is 0 Å². The summed E-state index contributed by atoms with van der Waals surface area (Å²) >= 11 is 0. The van der Waals surface area contributed by atoms with Crippen molar-refractivity contribution >= 4 is 12.4 Å². The number of carboxylic acid groups (broad SMARTS) is 1. The number of hydrogen-bond donors (Lipinski definition) is 2. The molecule has 4 nitrogen and oxygen atoms in total. The van der Waals surface area contributed by atoms with Crippen LogP contribution in [0.15, 0.2) is 0 Å². The van der Waals surface area contributed by atoms with Crippen LogP contribution in [0.5, 0.6) is 0 Å². The van der Waals surface area contributed by atoms with E-state index in [9.17, 15) is 9.59 Å². The van der Waals surface area contributed by atoms with Gasteiger partial charge in [-0.2, -0.15) is 0 Å². The molecular formula is C8H15NO3. The standard InChI is InChI=1S/C8H15NO3/c1-6(5-10)4-8(2,3)9-7(11)12/h5-6,9H,4H2,1-3H3,(H,11,12)/t6-/m1/s1. The minimum Gasteiger partial charge on any atom is -0.465 e. The van der Waals surface area contributed by atoms with E-state index < -0.39 is 11.6 Å². The van der Waals surface area contributed by atoms with Crippen molar-refractivity contribution in [3.8, 4) is 0 Å². The minimum atomic E-state index is -1.06. The van der Waals surface area contributed by atoms with E-state index in [2.05, 4.69) is 5.32 Å². The molecule has 0 aromatic carbocycles. The van der Waals surface area contributed by atoms with Crippen molar-refractivity contribution in [3.63, 3.8) is 0 Å². The Morgan fingerprint density at radius 1 is 1.67 bits per heavy atom. The Morgan fingerprint density at radius 2 is 2.17 bits per heavy atom. The molecule has 70 valence electrons. The van der Waals surface area contributed by atoms with Crippen LogP contribution >= 0.6 is 0 Å². The van der Waals surface area contributed by atoms with Crippen molar-refractivity contribution in [2.24, 2.45) is 5.92 Å². The van der Waals surface area contributed by atoms with Gasteiger partial charge in [0.1, 0.15) is 6.29 Å². The molecule has 0 spiro atoms. The first-order valence-electron chi connectivity index (χ1n) is 3.84. The first-order valence-corrected chi connectivity index (χ1v) is 3.84. The van der Waals surface area contributed by atoms with Crippen LogP contribution in [0.1, 0.15) is 27.2 Å². The Bertz CT molecular complexity index is 177. The SMILES string of the molecule is C[C@@H](C=O)CC(C)(C)NC(=O)O. The molecule has 0 aliphatic carbocycles. The maximum Gasteiger partial charge on any atom is 0.405 e. The van der Waals surface area contributed by atoms with E-state index in [0.717, 1.165) is 6.29 Å². The van der Waals surface area contributed by atoms with E-state index in [1.54, 1.807) is 20.8 Å². The lowest BCUT2D eigenvalue weighted by Gasteiger charge is -2.25. The Hall–Kier alpha value is -1.06. The zero-order valence-corrected chi connectivity index (χ0v) is 7.63. The molecular weight excluding hydrogens is 158 g/mol. The molecule has 4 heteroatoms. The topological polar surface area (TPSA) is 66.4 Å². The van der Waals surface area contributed by atoms with Gasteiger partial charge in [0, 0.05) is 11.5 Å². The summed E-state index contributed by atoms with van der Waals surface area (Å²) in [5.41, 5.74) is -0.536. The quantitative estimate of drug-likeness (QED) is 0.629. The second kappa shape index (κ2) is 4.09. The molecule has 0 bridgehead atoms. The second-order valence-electron chi connectivity index (χ2n) is 3.63. The normalized spacial score (nSPS) is 13.6. The van der Waals surface area contributed by atoms with E-state index >= 15 is 0 Å². The van der Waals surface area contributed by atoms with Gasteiger partial charge in [0.25, 0.3) is 0 Å². The highest BCUT2D eigenvalue weighted by Gasteiger charge is 2.22. The molecule has 0 aromatic heterocycles. The molecule has 0 saturated carbocycles. The number of rotatable bonds is 4. The summed E-state index contributed by atoms with van der Waals surface area (Å²) in [6.45, 7) is 5.26. The van der Waals surface area contributed by atoms with Crippen LogP contribution in [-0.4, -0.2) is 23.0 Å². The number of aldehydes is 1. The molecule has 0 heterocycles. The number of nitrogens with one attached hydrogen (secondary N) is 1. The van der Waals surface area contributed by atoms with Gasteiger partial charge >= 0.3 is 6.09 Å². The fraction of sp³-hybridized carbons (Fsp3) is 0.750. The molecule has 12 heavy (non-hydrogen) atoms. The number of carbonyl (C=O) groups is 2. The van der Waals surface area contributed by atoms with Crippen LogP contribution in [0.25, 0.3) is 0 Å². The molecule has 0 unspecified atom stereocenters. The smallest absolute Gasteiger partial charge is 0.405 e. The summed E-state index contributed by atoms with van der Waals surface area (Å²) in [5, 5.41) is 10.8. The number of amides is 1. The van der Waals surface area contributed by atoms with Crippen LogP contribution in [0, 0.1) is 5.92 Å². The summed E-state index contributed by atoms with van der Waals surface area (Å²) in [6.07, 6.45) is 0.284. The Balaban J connectivity index is 4.02. The molecule has 0 radical (unpaired) electrons. The van der Waals surface area contributed by atoms with Gasteiger partial charge in [-0.3, -0.25) is 0 Å². The van der Waals surface area contributed by atoms with Crippen LogP contribution in [0.4, 0.5) is 4.79 Å². The summed E-state index contributed by atoms with van der Waals surface area (Å²) < 4.78 is 0. The average Bonchev–Trinajstić information content (AvgIpc) is 1.83. The lowest BCUT2D eigenvalue weighted by atomic mass is 9.93. The van der Waals surface area contributed by atoms with Gasteiger partial charge in [0.2, 0.25) is 0 Å². The lowest BCUT2D eigenvalue weighted by molar-refractivity contribution is -0.111. The van der Waals surface area contributed by atoms with Crippen molar-refractivity contribution in [1.29, 1.82) is 0 Å². The molecule has 0 aromatic rings. The van der Waals surface area contributed by atoms with Gasteiger partial charge in [0.15, 0.2) is 0 Å². The summed E-state index contributed by atoms with van der Waals surface area (Å²) in [5.74, 6) is -0.119. The van der Waals surface area contributed by atoms with E-state index in [4.69, 9.17) is 5.11 Å². The van der Waals surface area contributed by atoms with E-state index in [-0.39, 0.29) is 5.92 Å². The van der Waals surface area contributed by atoms with E-state index in [1.807, 2.05) is 0 Å². The number of hydrogen-bond acceptors (Lipinski definition) is 2. The van der Waals surface area contributed by atoms with Gasteiger partial charge in [-0.05, 0) is 20.3 Å². The predicted molar refractivity (Wildman–Crippen MR) is 45.1 cm³/mol. The largest absolute Gasteiger partial charge is 0.465 e. The second-order valence-corrected chi connectivity index (χ2v) is 3.63. The van der Waals surface area contributed by atoms with Crippen LogP contribution in [-0.2, 0) is 4.79 Å². The zero-order chi connectivity index (χ0) is 9.78. The first kappa shape index (κ1) is 10.9. The molecule has 0 aliphatic rings. The maximum atomic E-state index is 10.3. The molecule has 1 amide bonds. The minimum absolute atomic E-state index is 0.119. The third-order valence-corrected chi connectivity index (χ3v) is 1.51. The molecule has 0 aliphatic heterocycles. The first-order chi connectivity index (χ1) is 5.37. The predicted octanol–water partition coefficient (Wildman–Crippen LogP) is 1.26. The van der Waals surface area contributed by atoms with Crippen LogP contribution < -0.4 is 5.32 Å². The summed E-state index contributed by atoms with van der Waals surface area (Å²) in [7, 11) is 0. The van der Waals surface area contributed by atoms with Crippen molar-refractivity contribution in [2.45, 2.75) is 32.7 Å². The third-order valence-electron chi connectivity index (χ3n) is 1.51. The van der Waals surface area contributed by atoms with Gasteiger partial charge < -0.3 is 15.2 Å². The Labute approximate surface area is 72.0 Å². The molecule has 0 fully saturated rings. The van der Waals surface area contributed by atoms with Crippen molar-refractivity contribution < 1.29 is 14.7 Å². The van der Waals surface area contributed by atoms with Crippen molar-refractivity contribution in [3.05, 3.63) is 0 Å². The van der Waals surface area contributed by atoms with Crippen molar-refractivity contribution in [1.82, 2.24) is 5.32 Å². The zero-order valence-electron chi connectivity index (χ0n) is 7.63. The highest BCUT2D eigenvalue weighted by atomic mass is 16.4. The molecule has 2 N–H and O–H groups in total. The van der Waals surface area contributed by atoms with Crippen LogP contribution in [0.3, 0.4) is 0 Å². The van der Waals surface area contributed by atoms with Crippen LogP contribution in [0.2, 0.25) is 0 Å². The highest BCUT2D eigenvalue weighted by Crippen LogP contribution is 2.14.